The average Bonchev–Trinajstić information content (AvgIpc) is 3.97. The number of anilines is 3. The Morgan fingerprint density at radius 3 is 1.78 bits per heavy atom. The first-order valence-corrected chi connectivity index (χ1v) is 20.5. The monoisotopic (exact) mass is 758 g/mol. The van der Waals surface area contributed by atoms with Crippen molar-refractivity contribution in [3.63, 3.8) is 0 Å². The van der Waals surface area contributed by atoms with Gasteiger partial charge in [0.2, 0.25) is 0 Å². The first-order chi connectivity index (χ1) is 28.8. The molecule has 58 heavy (non-hydrogen) atoms. The molecular weight excluding hydrogens is 725 g/mol. The van der Waals surface area contributed by atoms with Crippen LogP contribution < -0.4 is 4.90 Å². The van der Waals surface area contributed by atoms with Crippen LogP contribution in [0.3, 0.4) is 0 Å². The third-order valence-corrected chi connectivity index (χ3v) is 12.8. The van der Waals surface area contributed by atoms with Crippen molar-refractivity contribution in [1.82, 2.24) is 4.57 Å². The van der Waals surface area contributed by atoms with Crippen LogP contribution in [0.5, 0.6) is 0 Å². The van der Waals surface area contributed by atoms with Crippen LogP contribution in [0.2, 0.25) is 0 Å². The molecule has 0 atom stereocenters. The van der Waals surface area contributed by atoms with Crippen LogP contribution in [-0.2, 0) is 0 Å². The molecule has 0 aliphatic carbocycles. The van der Waals surface area contributed by atoms with Crippen LogP contribution in [0.15, 0.2) is 211 Å². The lowest BCUT2D eigenvalue weighted by molar-refractivity contribution is 0.670. The van der Waals surface area contributed by atoms with Crippen molar-refractivity contribution in [2.75, 3.05) is 4.90 Å². The Balaban J connectivity index is 1.04. The van der Waals surface area contributed by atoms with Gasteiger partial charge in [-0.3, -0.25) is 0 Å². The minimum atomic E-state index is 0.907. The number of benzene rings is 9. The van der Waals surface area contributed by atoms with Crippen LogP contribution in [0.1, 0.15) is 0 Å². The van der Waals surface area contributed by atoms with E-state index in [1.807, 2.05) is 23.5 Å². The highest BCUT2D eigenvalue weighted by Crippen LogP contribution is 2.49. The van der Waals surface area contributed by atoms with Gasteiger partial charge >= 0.3 is 0 Å². The highest BCUT2D eigenvalue weighted by atomic mass is 32.1. The van der Waals surface area contributed by atoms with Crippen molar-refractivity contribution in [2.45, 2.75) is 0 Å². The highest BCUT2D eigenvalue weighted by Gasteiger charge is 2.22. The van der Waals surface area contributed by atoms with E-state index < -0.39 is 0 Å². The molecule has 3 nitrogen and oxygen atoms in total. The van der Waals surface area contributed by atoms with Gasteiger partial charge in [-0.15, -0.1) is 11.3 Å². The lowest BCUT2D eigenvalue weighted by Gasteiger charge is -2.28. The fourth-order valence-electron chi connectivity index (χ4n) is 8.99. The predicted octanol–water partition coefficient (Wildman–Crippen LogP) is 15.9. The number of hydrogen-bond acceptors (Lipinski definition) is 3. The standard InChI is InChI=1S/C54H34N2OS/c1-2-13-37(14-3-1)55(38-29-25-35(26-30-38)40-19-12-20-45-43-17-6-10-23-50(43)57-53(40)45)49-34-33-46-44-18-7-11-24-51(44)58-54(46)52(49)36-27-31-39(32-28-36)56-47-21-8-4-15-41(47)42-16-5-9-22-48(42)56/h1-34H. The molecule has 0 saturated carbocycles. The summed E-state index contributed by atoms with van der Waals surface area (Å²) in [5, 5.41) is 7.35. The van der Waals surface area contributed by atoms with Crippen LogP contribution >= 0.6 is 11.3 Å². The number of nitrogens with zero attached hydrogens (tertiary/aromatic N) is 2. The summed E-state index contributed by atoms with van der Waals surface area (Å²) < 4.78 is 11.4. The Morgan fingerprint density at radius 2 is 1.02 bits per heavy atom. The van der Waals surface area contributed by atoms with Crippen molar-refractivity contribution in [1.29, 1.82) is 0 Å². The second-order valence-corrected chi connectivity index (χ2v) is 15.9. The van der Waals surface area contributed by atoms with Crippen LogP contribution in [0, 0.1) is 0 Å². The number of rotatable bonds is 6. The lowest BCUT2D eigenvalue weighted by Crippen LogP contribution is -2.11. The molecule has 0 bridgehead atoms. The van der Waals surface area contributed by atoms with E-state index in [4.69, 9.17) is 4.42 Å². The van der Waals surface area contributed by atoms with Gasteiger partial charge in [-0.2, -0.15) is 0 Å². The highest BCUT2D eigenvalue weighted by molar-refractivity contribution is 7.26. The number of aromatic nitrogens is 1. The largest absolute Gasteiger partial charge is 0.455 e. The van der Waals surface area contributed by atoms with E-state index in [0.717, 1.165) is 55.8 Å². The third kappa shape index (κ3) is 5.05. The average molecular weight is 759 g/mol. The molecule has 3 heterocycles. The summed E-state index contributed by atoms with van der Waals surface area (Å²) in [6, 6.07) is 74.4. The van der Waals surface area contributed by atoms with Gasteiger partial charge in [0.25, 0.3) is 0 Å². The third-order valence-electron chi connectivity index (χ3n) is 11.6. The van der Waals surface area contributed by atoms with Gasteiger partial charge in [0.05, 0.1) is 16.7 Å². The van der Waals surface area contributed by atoms with Gasteiger partial charge in [0.1, 0.15) is 11.2 Å². The van der Waals surface area contributed by atoms with E-state index in [9.17, 15) is 0 Å². The van der Waals surface area contributed by atoms with Crippen LogP contribution in [-0.4, -0.2) is 4.57 Å². The van der Waals surface area contributed by atoms with E-state index in [-0.39, 0.29) is 0 Å². The smallest absolute Gasteiger partial charge is 0.143 e. The molecule has 12 aromatic rings. The van der Waals surface area contributed by atoms with E-state index in [1.54, 1.807) is 0 Å². The zero-order chi connectivity index (χ0) is 38.2. The minimum absolute atomic E-state index is 0.907. The maximum atomic E-state index is 6.45. The SMILES string of the molecule is c1ccc(N(c2ccc(-c3cccc4c3oc3ccccc34)cc2)c2ccc3c(sc4ccccc43)c2-c2ccc(-n3c4ccccc4c4ccccc43)cc2)cc1. The number of hydrogen-bond donors (Lipinski definition) is 0. The molecule has 9 aromatic carbocycles. The fourth-order valence-corrected chi connectivity index (χ4v) is 10.3. The number of para-hydroxylation sites is 5. The Bertz CT molecular complexity index is 3450. The quantitative estimate of drug-likeness (QED) is 0.168. The summed E-state index contributed by atoms with van der Waals surface area (Å²) in [5.74, 6) is 0. The summed E-state index contributed by atoms with van der Waals surface area (Å²) in [4.78, 5) is 2.41. The second kappa shape index (κ2) is 13.1. The molecule has 272 valence electrons. The van der Waals surface area contributed by atoms with Crippen molar-refractivity contribution in [3.8, 4) is 27.9 Å². The molecule has 0 N–H and O–H groups in total. The van der Waals surface area contributed by atoms with Crippen LogP contribution in [0.4, 0.5) is 17.1 Å². The van der Waals surface area contributed by atoms with E-state index in [0.29, 0.717) is 0 Å². The van der Waals surface area contributed by atoms with Crippen LogP contribution in [0.25, 0.3) is 91.9 Å². The second-order valence-electron chi connectivity index (χ2n) is 14.8. The van der Waals surface area contributed by atoms with Gasteiger partial charge in [-0.05, 0) is 77.9 Å². The molecule has 0 saturated heterocycles. The van der Waals surface area contributed by atoms with Gasteiger partial charge < -0.3 is 13.9 Å². The maximum Gasteiger partial charge on any atom is 0.143 e. The van der Waals surface area contributed by atoms with Crippen molar-refractivity contribution < 1.29 is 4.42 Å². The summed E-state index contributed by atoms with van der Waals surface area (Å²) in [7, 11) is 0. The Hall–Kier alpha value is -7.40. The molecule has 0 radical (unpaired) electrons. The van der Waals surface area contributed by atoms with Crippen molar-refractivity contribution in [2.24, 2.45) is 0 Å². The fraction of sp³-hybridized carbons (Fsp3) is 0. The number of fused-ring (bicyclic) bond motifs is 9. The number of furan rings is 1. The van der Waals surface area contributed by atoms with E-state index >= 15 is 0 Å². The molecule has 0 unspecified atom stereocenters. The molecule has 0 aliphatic heterocycles. The zero-order valence-electron chi connectivity index (χ0n) is 31.3. The molecular formula is C54H34N2OS. The first kappa shape index (κ1) is 32.8. The molecule has 0 amide bonds. The molecule has 0 fully saturated rings. The normalized spacial score (nSPS) is 11.8. The first-order valence-electron chi connectivity index (χ1n) is 19.7. The Kier molecular flexibility index (Phi) is 7.40. The summed E-state index contributed by atoms with van der Waals surface area (Å²) >= 11 is 1.87. The van der Waals surface area contributed by atoms with Gasteiger partial charge in [0, 0.05) is 69.9 Å². The van der Waals surface area contributed by atoms with Gasteiger partial charge in [-0.25, -0.2) is 0 Å². The maximum absolute atomic E-state index is 6.45. The zero-order valence-corrected chi connectivity index (χ0v) is 32.2. The summed E-state index contributed by atoms with van der Waals surface area (Å²) in [5.41, 5.74) is 13.3. The molecule has 4 heteroatoms. The van der Waals surface area contributed by atoms with Gasteiger partial charge in [0.15, 0.2) is 0 Å². The molecule has 12 rings (SSSR count). The minimum Gasteiger partial charge on any atom is -0.455 e. The predicted molar refractivity (Wildman–Crippen MR) is 247 cm³/mol. The molecule has 0 spiro atoms. The molecule has 3 aromatic heterocycles. The van der Waals surface area contributed by atoms with E-state index in [2.05, 4.69) is 204 Å². The van der Waals surface area contributed by atoms with Gasteiger partial charge in [-0.1, -0.05) is 140 Å². The van der Waals surface area contributed by atoms with E-state index in [1.165, 1.54) is 53.1 Å². The topological polar surface area (TPSA) is 21.3 Å². The number of thiophene rings is 1. The lowest BCUT2D eigenvalue weighted by atomic mass is 9.98. The Morgan fingerprint density at radius 1 is 0.414 bits per heavy atom. The van der Waals surface area contributed by atoms with Crippen molar-refractivity contribution >= 4 is 92.3 Å². The molecule has 0 aliphatic rings. The summed E-state index contributed by atoms with van der Waals surface area (Å²) in [6.07, 6.45) is 0. The Labute approximate surface area is 338 Å². The van der Waals surface area contributed by atoms with Crippen molar-refractivity contribution in [3.05, 3.63) is 206 Å². The summed E-state index contributed by atoms with van der Waals surface area (Å²) in [6.45, 7) is 0.